The quantitative estimate of drug-likeness (QED) is 0.880. The van der Waals surface area contributed by atoms with E-state index in [1.54, 1.807) is 48.7 Å². The standard InChI is InChI=1S/C16H14N4O2/c17-9-8-15(21)20-13-6-2-1-5-12(13)11-19-16(22)14-7-3-4-10-18-14/h1-7,10H,8,11H2,(H,19,22)(H,20,21). The highest BCUT2D eigenvalue weighted by molar-refractivity contribution is 5.93. The van der Waals surface area contributed by atoms with Crippen LogP contribution in [-0.2, 0) is 11.3 Å². The molecule has 0 aliphatic carbocycles. The molecule has 0 spiro atoms. The van der Waals surface area contributed by atoms with Crippen molar-refractivity contribution < 1.29 is 9.59 Å². The van der Waals surface area contributed by atoms with Crippen molar-refractivity contribution in [1.82, 2.24) is 10.3 Å². The van der Waals surface area contributed by atoms with Gasteiger partial charge in [-0.25, -0.2) is 0 Å². The minimum atomic E-state index is -0.383. The summed E-state index contributed by atoms with van der Waals surface area (Å²) in [6, 6.07) is 14.0. The summed E-state index contributed by atoms with van der Waals surface area (Å²) in [6.07, 6.45) is 1.33. The zero-order valence-corrected chi connectivity index (χ0v) is 11.7. The first kappa shape index (κ1) is 15.2. The Bertz CT molecular complexity index is 708. The average Bonchev–Trinajstić information content (AvgIpc) is 2.55. The highest BCUT2D eigenvalue weighted by atomic mass is 16.2. The van der Waals surface area contributed by atoms with Crippen LogP contribution in [-0.4, -0.2) is 16.8 Å². The van der Waals surface area contributed by atoms with Gasteiger partial charge in [0.15, 0.2) is 0 Å². The fraction of sp³-hybridized carbons (Fsp3) is 0.125. The Morgan fingerprint density at radius 1 is 1.14 bits per heavy atom. The van der Waals surface area contributed by atoms with Crippen molar-refractivity contribution >= 4 is 17.5 Å². The van der Waals surface area contributed by atoms with Crippen LogP contribution in [0.5, 0.6) is 0 Å². The number of carbonyl (C=O) groups is 2. The third-order valence-electron chi connectivity index (χ3n) is 2.87. The Morgan fingerprint density at radius 3 is 2.64 bits per heavy atom. The summed E-state index contributed by atoms with van der Waals surface area (Å²) >= 11 is 0. The van der Waals surface area contributed by atoms with Crippen molar-refractivity contribution in [3.8, 4) is 6.07 Å². The summed E-state index contributed by atoms with van der Waals surface area (Å²) in [5.74, 6) is -0.676. The van der Waals surface area contributed by atoms with E-state index in [1.165, 1.54) is 0 Å². The van der Waals surface area contributed by atoms with Gasteiger partial charge in [0.2, 0.25) is 5.91 Å². The fourth-order valence-electron chi connectivity index (χ4n) is 1.83. The first-order chi connectivity index (χ1) is 10.7. The van der Waals surface area contributed by atoms with Crippen molar-refractivity contribution in [2.24, 2.45) is 0 Å². The summed E-state index contributed by atoms with van der Waals surface area (Å²) in [5.41, 5.74) is 1.65. The lowest BCUT2D eigenvalue weighted by Crippen LogP contribution is -2.24. The van der Waals surface area contributed by atoms with Gasteiger partial charge < -0.3 is 10.6 Å². The molecule has 2 aromatic rings. The topological polar surface area (TPSA) is 94.9 Å². The van der Waals surface area contributed by atoms with Crippen LogP contribution >= 0.6 is 0 Å². The number of benzene rings is 1. The van der Waals surface area contributed by atoms with E-state index in [9.17, 15) is 9.59 Å². The number of pyridine rings is 1. The van der Waals surface area contributed by atoms with Crippen molar-refractivity contribution in [3.05, 3.63) is 59.9 Å². The summed E-state index contributed by atoms with van der Waals surface area (Å²) in [4.78, 5) is 27.4. The van der Waals surface area contributed by atoms with Gasteiger partial charge >= 0.3 is 0 Å². The number of rotatable bonds is 5. The molecule has 1 aromatic heterocycles. The number of nitriles is 1. The fourth-order valence-corrected chi connectivity index (χ4v) is 1.83. The van der Waals surface area contributed by atoms with Gasteiger partial charge in [-0.15, -0.1) is 0 Å². The van der Waals surface area contributed by atoms with Crippen LogP contribution in [0, 0.1) is 11.3 Å². The van der Waals surface area contributed by atoms with E-state index in [-0.39, 0.29) is 24.8 Å². The van der Waals surface area contributed by atoms with E-state index in [2.05, 4.69) is 15.6 Å². The lowest BCUT2D eigenvalue weighted by molar-refractivity contribution is -0.115. The molecule has 2 amide bonds. The third kappa shape index (κ3) is 4.15. The predicted octanol–water partition coefficient (Wildman–Crippen LogP) is 1.86. The molecule has 0 saturated heterocycles. The number of hydrogen-bond acceptors (Lipinski definition) is 4. The van der Waals surface area contributed by atoms with E-state index >= 15 is 0 Å². The van der Waals surface area contributed by atoms with Gasteiger partial charge in [-0.1, -0.05) is 24.3 Å². The van der Waals surface area contributed by atoms with Gasteiger partial charge in [-0.05, 0) is 23.8 Å². The molecule has 1 aromatic carbocycles. The Labute approximate surface area is 127 Å². The van der Waals surface area contributed by atoms with E-state index in [4.69, 9.17) is 5.26 Å². The van der Waals surface area contributed by atoms with Crippen LogP contribution in [0.2, 0.25) is 0 Å². The molecule has 0 fully saturated rings. The van der Waals surface area contributed by atoms with Gasteiger partial charge in [0.1, 0.15) is 12.1 Å². The van der Waals surface area contributed by atoms with Crippen molar-refractivity contribution in [2.45, 2.75) is 13.0 Å². The minimum absolute atomic E-state index is 0.214. The molecular formula is C16H14N4O2. The Morgan fingerprint density at radius 2 is 1.91 bits per heavy atom. The maximum Gasteiger partial charge on any atom is 0.270 e. The zero-order chi connectivity index (χ0) is 15.8. The largest absolute Gasteiger partial charge is 0.347 e. The van der Waals surface area contributed by atoms with E-state index in [0.717, 1.165) is 5.56 Å². The number of carbonyl (C=O) groups excluding carboxylic acids is 2. The first-order valence-electron chi connectivity index (χ1n) is 6.64. The molecule has 0 aliphatic rings. The van der Waals surface area contributed by atoms with Crippen LogP contribution in [0.1, 0.15) is 22.5 Å². The molecule has 2 rings (SSSR count). The summed E-state index contributed by atoms with van der Waals surface area (Å²) in [5, 5.41) is 13.9. The average molecular weight is 294 g/mol. The molecule has 22 heavy (non-hydrogen) atoms. The molecule has 0 bridgehead atoms. The number of para-hydroxylation sites is 1. The third-order valence-corrected chi connectivity index (χ3v) is 2.87. The molecular weight excluding hydrogens is 280 g/mol. The molecule has 0 aliphatic heterocycles. The Hall–Kier alpha value is -3.20. The monoisotopic (exact) mass is 294 g/mol. The molecule has 110 valence electrons. The van der Waals surface area contributed by atoms with Gasteiger partial charge in [-0.2, -0.15) is 5.26 Å². The molecule has 0 saturated carbocycles. The lowest BCUT2D eigenvalue weighted by atomic mass is 10.1. The normalized spacial score (nSPS) is 9.59. The van der Waals surface area contributed by atoms with E-state index < -0.39 is 0 Å². The lowest BCUT2D eigenvalue weighted by Gasteiger charge is -2.11. The highest BCUT2D eigenvalue weighted by Crippen LogP contribution is 2.15. The maximum absolute atomic E-state index is 11.9. The van der Waals surface area contributed by atoms with Crippen LogP contribution in [0.15, 0.2) is 48.7 Å². The van der Waals surface area contributed by atoms with Gasteiger partial charge in [0.05, 0.1) is 6.07 Å². The highest BCUT2D eigenvalue weighted by Gasteiger charge is 2.09. The smallest absolute Gasteiger partial charge is 0.270 e. The molecule has 6 nitrogen and oxygen atoms in total. The number of anilines is 1. The van der Waals surface area contributed by atoms with Crippen molar-refractivity contribution in [2.75, 3.05) is 5.32 Å². The zero-order valence-electron chi connectivity index (χ0n) is 11.7. The van der Waals surface area contributed by atoms with Crippen molar-refractivity contribution in [1.29, 1.82) is 5.26 Å². The van der Waals surface area contributed by atoms with Crippen LogP contribution in [0.4, 0.5) is 5.69 Å². The van der Waals surface area contributed by atoms with Gasteiger partial charge in [-0.3, -0.25) is 14.6 Å². The second-order valence-corrected chi connectivity index (χ2v) is 4.44. The SMILES string of the molecule is N#CCC(=O)Nc1ccccc1CNC(=O)c1ccccn1. The van der Waals surface area contributed by atoms with Crippen molar-refractivity contribution in [3.63, 3.8) is 0 Å². The second kappa shape index (κ2) is 7.55. The van der Waals surface area contributed by atoms with E-state index in [0.29, 0.717) is 11.4 Å². The van der Waals surface area contributed by atoms with Crippen LogP contribution in [0.25, 0.3) is 0 Å². The number of nitrogens with zero attached hydrogens (tertiary/aromatic N) is 2. The molecule has 0 atom stereocenters. The van der Waals surface area contributed by atoms with Gasteiger partial charge in [0, 0.05) is 18.4 Å². The first-order valence-corrected chi connectivity index (χ1v) is 6.64. The number of amides is 2. The second-order valence-electron chi connectivity index (χ2n) is 4.44. The molecule has 0 unspecified atom stereocenters. The van der Waals surface area contributed by atoms with Crippen LogP contribution < -0.4 is 10.6 Å². The summed E-state index contributed by atoms with van der Waals surface area (Å²) in [6.45, 7) is 0.248. The summed E-state index contributed by atoms with van der Waals surface area (Å²) < 4.78 is 0. The summed E-state index contributed by atoms with van der Waals surface area (Å²) in [7, 11) is 0. The number of aromatic nitrogens is 1. The van der Waals surface area contributed by atoms with E-state index in [1.807, 2.05) is 6.07 Å². The predicted molar refractivity (Wildman–Crippen MR) is 80.7 cm³/mol. The minimum Gasteiger partial charge on any atom is -0.347 e. The molecule has 6 heteroatoms. The number of nitrogens with one attached hydrogen (secondary N) is 2. The van der Waals surface area contributed by atoms with Gasteiger partial charge in [0.25, 0.3) is 5.91 Å². The molecule has 2 N–H and O–H groups in total. The Balaban J connectivity index is 2.03. The Kier molecular flexibility index (Phi) is 5.21. The maximum atomic E-state index is 11.9. The number of hydrogen-bond donors (Lipinski definition) is 2. The van der Waals surface area contributed by atoms with Crippen LogP contribution in [0.3, 0.4) is 0 Å². The molecule has 1 heterocycles. The molecule has 0 radical (unpaired) electrons.